The predicted molar refractivity (Wildman–Crippen MR) is 106 cm³/mol. The molecule has 0 bridgehead atoms. The molecule has 9 heteroatoms. The van der Waals surface area contributed by atoms with E-state index in [9.17, 15) is 22.0 Å². The van der Waals surface area contributed by atoms with Crippen LogP contribution in [0.15, 0.2) is 41.3 Å². The zero-order chi connectivity index (χ0) is 21.2. The first kappa shape index (κ1) is 21.7. The molecule has 1 aliphatic rings. The fraction of sp³-hybridized carbons (Fsp3) is 0.350. The minimum absolute atomic E-state index is 0.0411. The van der Waals surface area contributed by atoms with Gasteiger partial charge in [0.05, 0.1) is 5.02 Å². The highest BCUT2D eigenvalue weighted by Gasteiger charge is 2.29. The second-order valence-corrected chi connectivity index (χ2v) is 9.32. The molecule has 0 atom stereocenters. The molecule has 29 heavy (non-hydrogen) atoms. The summed E-state index contributed by atoms with van der Waals surface area (Å²) < 4.78 is 54.2. The summed E-state index contributed by atoms with van der Waals surface area (Å²) in [6, 6.07) is 7.19. The summed E-state index contributed by atoms with van der Waals surface area (Å²) in [6.07, 6.45) is 2.53. The highest BCUT2D eigenvalue weighted by atomic mass is 35.5. The third-order valence-electron chi connectivity index (χ3n) is 4.88. The number of piperidine rings is 1. The van der Waals surface area contributed by atoms with Crippen LogP contribution in [0.4, 0.5) is 8.78 Å². The summed E-state index contributed by atoms with van der Waals surface area (Å²) in [5, 5.41) is 0.0411. The van der Waals surface area contributed by atoms with E-state index in [1.807, 2.05) is 0 Å². The van der Waals surface area contributed by atoms with Crippen LogP contribution in [0.5, 0.6) is 0 Å². The Hall–Kier alpha value is -2.03. The molecule has 1 heterocycles. The van der Waals surface area contributed by atoms with Crippen molar-refractivity contribution in [3.05, 3.63) is 64.2 Å². The first-order valence-electron chi connectivity index (χ1n) is 9.19. The minimum atomic E-state index is -3.82. The topological polar surface area (TPSA) is 57.7 Å². The number of hydrogen-bond acceptors (Lipinski definition) is 3. The van der Waals surface area contributed by atoms with E-state index in [0.717, 1.165) is 31.4 Å². The molecule has 1 amide bonds. The molecule has 0 saturated carbocycles. The highest BCUT2D eigenvalue weighted by Crippen LogP contribution is 2.28. The molecule has 2 aromatic carbocycles. The molecule has 156 valence electrons. The van der Waals surface area contributed by atoms with Gasteiger partial charge in [0.1, 0.15) is 16.5 Å². The van der Waals surface area contributed by atoms with E-state index in [4.69, 9.17) is 11.6 Å². The zero-order valence-electron chi connectivity index (χ0n) is 15.9. The summed E-state index contributed by atoms with van der Waals surface area (Å²) in [4.78, 5) is 13.9. The van der Waals surface area contributed by atoms with Crippen molar-refractivity contribution in [1.82, 2.24) is 9.21 Å². The van der Waals surface area contributed by atoms with Gasteiger partial charge >= 0.3 is 0 Å². The summed E-state index contributed by atoms with van der Waals surface area (Å²) in [5.74, 6) is -1.96. The van der Waals surface area contributed by atoms with Crippen molar-refractivity contribution in [1.29, 1.82) is 0 Å². The van der Waals surface area contributed by atoms with Crippen LogP contribution in [0.25, 0.3) is 0 Å². The van der Waals surface area contributed by atoms with Crippen LogP contribution >= 0.6 is 11.6 Å². The Morgan fingerprint density at radius 1 is 1.10 bits per heavy atom. The number of carbonyl (C=O) groups excluding carboxylic acids is 1. The molecule has 0 unspecified atom stereocenters. The van der Waals surface area contributed by atoms with Gasteiger partial charge in [0.25, 0.3) is 5.91 Å². The summed E-state index contributed by atoms with van der Waals surface area (Å²) >= 11 is 6.13. The lowest BCUT2D eigenvalue weighted by molar-refractivity contribution is 0.0783. The van der Waals surface area contributed by atoms with Gasteiger partial charge in [-0.15, -0.1) is 0 Å². The predicted octanol–water partition coefficient (Wildman–Crippen LogP) is 4.07. The molecule has 0 aromatic heterocycles. The molecule has 3 rings (SSSR count). The SMILES string of the molecule is CN(Cc1ccc(F)cc1F)C(=O)c1ccc(Cl)c(S(=O)(=O)N2CCCCC2)c1. The number of nitrogens with zero attached hydrogens (tertiary/aromatic N) is 2. The van der Waals surface area contributed by atoms with Crippen LogP contribution in [0.3, 0.4) is 0 Å². The van der Waals surface area contributed by atoms with Gasteiger partial charge in [-0.3, -0.25) is 4.79 Å². The van der Waals surface area contributed by atoms with Crippen LogP contribution < -0.4 is 0 Å². The second kappa shape index (κ2) is 8.77. The van der Waals surface area contributed by atoms with Crippen molar-refractivity contribution < 1.29 is 22.0 Å². The summed E-state index contributed by atoms with van der Waals surface area (Å²) in [5.41, 5.74) is 0.271. The Bertz CT molecular complexity index is 1020. The number of benzene rings is 2. The van der Waals surface area contributed by atoms with Gasteiger partial charge in [-0.25, -0.2) is 17.2 Å². The Labute approximate surface area is 173 Å². The molecule has 0 N–H and O–H groups in total. The number of hydrogen-bond donors (Lipinski definition) is 0. The standard InChI is InChI=1S/C20H21ClF2N2O3S/c1-24(13-15-5-7-16(22)12-18(15)23)20(26)14-6-8-17(21)19(11-14)29(27,28)25-9-3-2-4-10-25/h5-8,11-12H,2-4,9-10,13H2,1H3. The maximum atomic E-state index is 13.9. The smallest absolute Gasteiger partial charge is 0.253 e. The molecule has 1 fully saturated rings. The third-order valence-corrected chi connectivity index (χ3v) is 7.26. The van der Waals surface area contributed by atoms with Crippen molar-refractivity contribution >= 4 is 27.5 Å². The zero-order valence-corrected chi connectivity index (χ0v) is 17.4. The molecule has 0 spiro atoms. The molecule has 1 aliphatic heterocycles. The monoisotopic (exact) mass is 442 g/mol. The molecule has 5 nitrogen and oxygen atoms in total. The van der Waals surface area contributed by atoms with Crippen LogP contribution in [0.2, 0.25) is 5.02 Å². The van der Waals surface area contributed by atoms with Gasteiger partial charge in [-0.1, -0.05) is 24.1 Å². The Balaban J connectivity index is 1.85. The Kier molecular flexibility index (Phi) is 6.55. The van der Waals surface area contributed by atoms with Gasteiger partial charge in [-0.2, -0.15) is 4.31 Å². The van der Waals surface area contributed by atoms with Crippen molar-refractivity contribution in [2.45, 2.75) is 30.7 Å². The molecule has 0 aliphatic carbocycles. The lowest BCUT2D eigenvalue weighted by atomic mass is 10.1. The maximum absolute atomic E-state index is 13.9. The lowest BCUT2D eigenvalue weighted by Crippen LogP contribution is -2.36. The normalized spacial score (nSPS) is 15.3. The van der Waals surface area contributed by atoms with E-state index in [1.165, 1.54) is 40.5 Å². The number of carbonyl (C=O) groups is 1. The van der Waals surface area contributed by atoms with E-state index >= 15 is 0 Å². The second-order valence-electron chi connectivity index (χ2n) is 7.01. The molecule has 1 saturated heterocycles. The fourth-order valence-electron chi connectivity index (χ4n) is 3.28. The van der Waals surface area contributed by atoms with Crippen molar-refractivity contribution in [3.63, 3.8) is 0 Å². The van der Waals surface area contributed by atoms with Crippen LogP contribution in [-0.4, -0.2) is 43.7 Å². The summed E-state index contributed by atoms with van der Waals surface area (Å²) in [6.45, 7) is 0.739. The number of sulfonamides is 1. The highest BCUT2D eigenvalue weighted by molar-refractivity contribution is 7.89. The Morgan fingerprint density at radius 3 is 2.45 bits per heavy atom. The van der Waals surface area contributed by atoms with Crippen LogP contribution in [-0.2, 0) is 16.6 Å². The third kappa shape index (κ3) is 4.76. The van der Waals surface area contributed by atoms with Crippen molar-refractivity contribution in [2.75, 3.05) is 20.1 Å². The average molecular weight is 443 g/mol. The minimum Gasteiger partial charge on any atom is -0.337 e. The molecule has 2 aromatic rings. The van der Waals surface area contributed by atoms with Gasteiger partial charge < -0.3 is 4.90 Å². The van der Waals surface area contributed by atoms with E-state index in [0.29, 0.717) is 13.1 Å². The number of amides is 1. The maximum Gasteiger partial charge on any atom is 0.253 e. The number of halogens is 3. The first-order chi connectivity index (χ1) is 13.7. The molecular weight excluding hydrogens is 422 g/mol. The van der Waals surface area contributed by atoms with E-state index in [1.54, 1.807) is 0 Å². The van der Waals surface area contributed by atoms with Crippen LogP contribution in [0.1, 0.15) is 35.2 Å². The van der Waals surface area contributed by atoms with Gasteiger partial charge in [0.2, 0.25) is 10.0 Å². The average Bonchev–Trinajstić information content (AvgIpc) is 2.70. The molecule has 0 radical (unpaired) electrons. The lowest BCUT2D eigenvalue weighted by Gasteiger charge is -2.26. The van der Waals surface area contributed by atoms with Gasteiger partial charge in [-0.05, 0) is 37.1 Å². The largest absolute Gasteiger partial charge is 0.337 e. The first-order valence-corrected chi connectivity index (χ1v) is 11.0. The van der Waals surface area contributed by atoms with Crippen molar-refractivity contribution in [3.8, 4) is 0 Å². The van der Waals surface area contributed by atoms with Crippen LogP contribution in [0, 0.1) is 11.6 Å². The van der Waals surface area contributed by atoms with Crippen molar-refractivity contribution in [2.24, 2.45) is 0 Å². The quantitative estimate of drug-likeness (QED) is 0.701. The van der Waals surface area contributed by atoms with E-state index in [-0.39, 0.29) is 27.6 Å². The summed E-state index contributed by atoms with van der Waals surface area (Å²) in [7, 11) is -2.36. The fourth-order valence-corrected chi connectivity index (χ4v) is 5.29. The van der Waals surface area contributed by atoms with Gasteiger partial charge in [0.15, 0.2) is 0 Å². The number of rotatable bonds is 5. The van der Waals surface area contributed by atoms with E-state index < -0.39 is 27.6 Å². The molecular formula is C20H21ClF2N2O3S. The van der Waals surface area contributed by atoms with Gasteiger partial charge in [0, 0.05) is 43.9 Å². The Morgan fingerprint density at radius 2 is 1.79 bits per heavy atom. The van der Waals surface area contributed by atoms with E-state index in [2.05, 4.69) is 0 Å².